The van der Waals surface area contributed by atoms with Gasteiger partial charge in [0.1, 0.15) is 11.9 Å². The average Bonchev–Trinajstić information content (AvgIpc) is 2.56. The van der Waals surface area contributed by atoms with Crippen molar-refractivity contribution in [3.05, 3.63) is 71.5 Å². The number of carbonyl (C=O) groups is 1. The van der Waals surface area contributed by atoms with Crippen molar-refractivity contribution in [3.63, 3.8) is 0 Å². The molecule has 0 bridgehead atoms. The average molecular weight is 299 g/mol. The van der Waals surface area contributed by atoms with Gasteiger partial charge in [-0.25, -0.2) is 4.39 Å². The van der Waals surface area contributed by atoms with Crippen molar-refractivity contribution < 1.29 is 13.9 Å². The van der Waals surface area contributed by atoms with Crippen LogP contribution in [0.5, 0.6) is 0 Å². The topological polar surface area (TPSA) is 29.5 Å². The molecule has 2 aromatic carbocycles. The highest BCUT2D eigenvalue weighted by molar-refractivity contribution is 5.94. The van der Waals surface area contributed by atoms with Crippen LogP contribution in [0.1, 0.15) is 28.9 Å². The number of benzene rings is 2. The Morgan fingerprint density at radius 3 is 2.55 bits per heavy atom. The molecule has 3 nitrogen and oxygen atoms in total. The molecule has 2 aromatic rings. The summed E-state index contributed by atoms with van der Waals surface area (Å²) >= 11 is 0. The van der Waals surface area contributed by atoms with Crippen LogP contribution >= 0.6 is 0 Å². The molecule has 1 aliphatic rings. The summed E-state index contributed by atoms with van der Waals surface area (Å²) in [7, 11) is 0. The minimum atomic E-state index is -0.484. The third-order valence-corrected chi connectivity index (χ3v) is 4.05. The Balaban J connectivity index is 1.85. The minimum Gasteiger partial charge on any atom is -0.370 e. The molecule has 0 aromatic heterocycles. The maximum atomic E-state index is 13.9. The van der Waals surface area contributed by atoms with E-state index in [1.54, 1.807) is 17.0 Å². The highest BCUT2D eigenvalue weighted by atomic mass is 19.1. The third-order valence-electron chi connectivity index (χ3n) is 4.05. The first-order chi connectivity index (χ1) is 10.7. The summed E-state index contributed by atoms with van der Waals surface area (Å²) in [5.41, 5.74) is 1.14. The molecular formula is C18H18FNO2. The van der Waals surface area contributed by atoms with Gasteiger partial charge >= 0.3 is 0 Å². The number of hydrogen-bond donors (Lipinski definition) is 0. The fraction of sp³-hybridized carbons (Fsp3) is 0.278. The normalized spacial score (nSPS) is 21.6. The predicted molar refractivity (Wildman–Crippen MR) is 82.0 cm³/mol. The number of carbonyl (C=O) groups excluding carboxylic acids is 1. The maximum Gasteiger partial charge on any atom is 0.257 e. The zero-order chi connectivity index (χ0) is 15.5. The molecule has 22 heavy (non-hydrogen) atoms. The van der Waals surface area contributed by atoms with E-state index in [4.69, 9.17) is 4.74 Å². The molecule has 0 spiro atoms. The van der Waals surface area contributed by atoms with Gasteiger partial charge in [0.2, 0.25) is 0 Å². The molecule has 0 aliphatic carbocycles. The smallest absolute Gasteiger partial charge is 0.257 e. The molecule has 1 aliphatic heterocycles. The van der Waals surface area contributed by atoms with Gasteiger partial charge in [-0.3, -0.25) is 4.79 Å². The van der Waals surface area contributed by atoms with Crippen molar-refractivity contribution in [2.24, 2.45) is 0 Å². The van der Waals surface area contributed by atoms with Crippen LogP contribution in [-0.2, 0) is 4.74 Å². The van der Waals surface area contributed by atoms with E-state index in [1.165, 1.54) is 12.1 Å². The second-order valence-corrected chi connectivity index (χ2v) is 5.42. The van der Waals surface area contributed by atoms with Gasteiger partial charge in [0, 0.05) is 6.54 Å². The monoisotopic (exact) mass is 299 g/mol. The summed E-state index contributed by atoms with van der Waals surface area (Å²) in [6, 6.07) is 15.8. The fourth-order valence-corrected chi connectivity index (χ4v) is 2.88. The second kappa shape index (κ2) is 6.28. The molecule has 0 radical (unpaired) electrons. The van der Waals surface area contributed by atoms with Gasteiger partial charge in [-0.2, -0.15) is 0 Å². The zero-order valence-corrected chi connectivity index (χ0v) is 12.4. The van der Waals surface area contributed by atoms with Gasteiger partial charge in [-0.15, -0.1) is 0 Å². The molecule has 2 unspecified atom stereocenters. The molecule has 114 valence electrons. The van der Waals surface area contributed by atoms with E-state index >= 15 is 0 Å². The molecule has 1 fully saturated rings. The van der Waals surface area contributed by atoms with Crippen molar-refractivity contribution in [1.82, 2.24) is 4.90 Å². The van der Waals surface area contributed by atoms with Crippen LogP contribution in [0, 0.1) is 5.82 Å². The molecule has 1 heterocycles. The minimum absolute atomic E-state index is 0.114. The van der Waals surface area contributed by atoms with Crippen LogP contribution in [-0.4, -0.2) is 30.0 Å². The van der Waals surface area contributed by atoms with Gasteiger partial charge in [0.25, 0.3) is 5.91 Å². The van der Waals surface area contributed by atoms with Crippen LogP contribution in [0.15, 0.2) is 54.6 Å². The van der Waals surface area contributed by atoms with Crippen molar-refractivity contribution in [2.75, 3.05) is 13.2 Å². The van der Waals surface area contributed by atoms with E-state index in [1.807, 2.05) is 37.3 Å². The highest BCUT2D eigenvalue weighted by Gasteiger charge is 2.33. The molecule has 1 amide bonds. The SMILES string of the molecule is CC1C(c2ccccc2)OCCN1C(=O)c1ccccc1F. The first kappa shape index (κ1) is 14.7. The second-order valence-electron chi connectivity index (χ2n) is 5.42. The lowest BCUT2D eigenvalue weighted by atomic mass is 9.99. The molecule has 0 saturated carbocycles. The van der Waals surface area contributed by atoms with Gasteiger partial charge in [-0.05, 0) is 24.6 Å². The number of ether oxygens (including phenoxy) is 1. The van der Waals surface area contributed by atoms with Crippen LogP contribution in [0.25, 0.3) is 0 Å². The Hall–Kier alpha value is -2.20. The number of morpholine rings is 1. The van der Waals surface area contributed by atoms with Gasteiger partial charge in [-0.1, -0.05) is 42.5 Å². The number of amides is 1. The first-order valence-corrected chi connectivity index (χ1v) is 7.40. The number of nitrogens with zero attached hydrogens (tertiary/aromatic N) is 1. The summed E-state index contributed by atoms with van der Waals surface area (Å²) in [5.74, 6) is -0.766. The maximum absolute atomic E-state index is 13.9. The van der Waals surface area contributed by atoms with Crippen molar-refractivity contribution >= 4 is 5.91 Å². The first-order valence-electron chi connectivity index (χ1n) is 7.40. The quantitative estimate of drug-likeness (QED) is 0.850. The molecule has 3 rings (SSSR count). The van der Waals surface area contributed by atoms with E-state index in [9.17, 15) is 9.18 Å². The van der Waals surface area contributed by atoms with Crippen molar-refractivity contribution in [1.29, 1.82) is 0 Å². The lowest BCUT2D eigenvalue weighted by Crippen LogP contribution is -2.48. The summed E-state index contributed by atoms with van der Waals surface area (Å²) in [5, 5.41) is 0. The van der Waals surface area contributed by atoms with E-state index in [-0.39, 0.29) is 23.6 Å². The Kier molecular flexibility index (Phi) is 4.20. The van der Waals surface area contributed by atoms with Gasteiger partial charge in [0.05, 0.1) is 18.2 Å². The van der Waals surface area contributed by atoms with Crippen LogP contribution in [0.4, 0.5) is 4.39 Å². The number of hydrogen-bond acceptors (Lipinski definition) is 2. The Bertz CT molecular complexity index is 659. The zero-order valence-electron chi connectivity index (χ0n) is 12.4. The van der Waals surface area contributed by atoms with Gasteiger partial charge in [0.15, 0.2) is 0 Å². The number of halogens is 1. The summed E-state index contributed by atoms with van der Waals surface area (Å²) in [4.78, 5) is 14.3. The van der Waals surface area contributed by atoms with Gasteiger partial charge < -0.3 is 9.64 Å². The van der Waals surface area contributed by atoms with Crippen LogP contribution < -0.4 is 0 Å². The predicted octanol–water partition coefficient (Wildman–Crippen LogP) is 3.43. The van der Waals surface area contributed by atoms with E-state index in [2.05, 4.69) is 0 Å². The van der Waals surface area contributed by atoms with Crippen molar-refractivity contribution in [3.8, 4) is 0 Å². The lowest BCUT2D eigenvalue weighted by molar-refractivity contribution is -0.0552. The molecular weight excluding hydrogens is 281 g/mol. The van der Waals surface area contributed by atoms with E-state index in [0.29, 0.717) is 13.2 Å². The number of rotatable bonds is 2. The Morgan fingerprint density at radius 1 is 1.14 bits per heavy atom. The van der Waals surface area contributed by atoms with E-state index in [0.717, 1.165) is 5.56 Å². The van der Waals surface area contributed by atoms with Crippen LogP contribution in [0.2, 0.25) is 0 Å². The Labute approximate surface area is 129 Å². The Morgan fingerprint density at radius 2 is 1.82 bits per heavy atom. The molecule has 4 heteroatoms. The molecule has 2 atom stereocenters. The largest absolute Gasteiger partial charge is 0.370 e. The standard InChI is InChI=1S/C18H18FNO2/c1-13-17(14-7-3-2-4-8-14)22-12-11-20(13)18(21)15-9-5-6-10-16(15)19/h2-10,13,17H,11-12H2,1H3. The summed E-state index contributed by atoms with van der Waals surface area (Å²) < 4.78 is 19.7. The van der Waals surface area contributed by atoms with E-state index < -0.39 is 5.82 Å². The molecule has 0 N–H and O–H groups in total. The summed E-state index contributed by atoms with van der Waals surface area (Å²) in [6.45, 7) is 2.86. The van der Waals surface area contributed by atoms with Crippen molar-refractivity contribution in [2.45, 2.75) is 19.1 Å². The third kappa shape index (κ3) is 2.74. The fourth-order valence-electron chi connectivity index (χ4n) is 2.88. The summed E-state index contributed by atoms with van der Waals surface area (Å²) in [6.07, 6.45) is -0.189. The lowest BCUT2D eigenvalue weighted by Gasteiger charge is -2.39. The highest BCUT2D eigenvalue weighted by Crippen LogP contribution is 2.29. The van der Waals surface area contributed by atoms with Crippen LogP contribution in [0.3, 0.4) is 0 Å². The molecule has 1 saturated heterocycles.